The van der Waals surface area contributed by atoms with Gasteiger partial charge in [-0.25, -0.2) is 4.98 Å². The molecule has 0 unspecified atom stereocenters. The highest BCUT2D eigenvalue weighted by Crippen LogP contribution is 2.13. The monoisotopic (exact) mass is 424 g/mol. The van der Waals surface area contributed by atoms with E-state index in [0.717, 1.165) is 47.1 Å². The van der Waals surface area contributed by atoms with Crippen LogP contribution in [-0.4, -0.2) is 47.0 Å². The van der Waals surface area contributed by atoms with E-state index in [4.69, 9.17) is 0 Å². The zero-order valence-electron chi connectivity index (χ0n) is 13.7. The third-order valence-electron chi connectivity index (χ3n) is 3.53. The predicted molar refractivity (Wildman–Crippen MR) is 102 cm³/mol. The van der Waals surface area contributed by atoms with Crippen molar-refractivity contribution in [1.29, 1.82) is 0 Å². The van der Waals surface area contributed by atoms with Gasteiger partial charge in [0.25, 0.3) is 5.91 Å². The Morgan fingerprint density at radius 3 is 2.61 bits per heavy atom. The summed E-state index contributed by atoms with van der Waals surface area (Å²) in [5.41, 5.74) is 1.93. The second-order valence-corrected chi connectivity index (χ2v) is 6.73. The molecule has 0 saturated heterocycles. The number of halogens is 1. The van der Waals surface area contributed by atoms with E-state index in [2.05, 4.69) is 56.6 Å². The molecule has 0 aliphatic carbocycles. The van der Waals surface area contributed by atoms with Gasteiger partial charge >= 0.3 is 0 Å². The molecular weight excluding hydrogens is 401 g/mol. The van der Waals surface area contributed by atoms with Gasteiger partial charge < -0.3 is 10.2 Å². The molecule has 6 heteroatoms. The molecule has 1 aromatic heterocycles. The Hall–Kier alpha value is -1.28. The van der Waals surface area contributed by atoms with Crippen LogP contribution in [0.1, 0.15) is 37.2 Å². The molecule has 0 saturated carbocycles. The standard InChI is InChI=1S/C17H23IN4O/c1-3-8-22(9-4-2)10-7-19-17(23)16-12-20-15-11-13(18)5-6-14(15)21-16/h5-6,11-12H,3-4,7-10H2,1-2H3,(H,19,23)/i18-2. The van der Waals surface area contributed by atoms with Gasteiger partial charge in [-0.05, 0) is 66.7 Å². The van der Waals surface area contributed by atoms with Crippen LogP contribution in [0, 0.1) is 3.57 Å². The molecular formula is C17H23IN4O. The van der Waals surface area contributed by atoms with Crippen LogP contribution in [0.3, 0.4) is 0 Å². The number of hydrogen-bond donors (Lipinski definition) is 1. The maximum absolute atomic E-state index is 12.2. The molecule has 0 spiro atoms. The molecule has 0 fully saturated rings. The van der Waals surface area contributed by atoms with Crippen LogP contribution in [0.5, 0.6) is 0 Å². The Kier molecular flexibility index (Phi) is 7.16. The summed E-state index contributed by atoms with van der Waals surface area (Å²) in [5, 5.41) is 2.94. The lowest BCUT2D eigenvalue weighted by Gasteiger charge is -2.20. The number of rotatable bonds is 8. The number of benzene rings is 1. The van der Waals surface area contributed by atoms with Gasteiger partial charge in [-0.2, -0.15) is 0 Å². The summed E-state index contributed by atoms with van der Waals surface area (Å²) in [6, 6.07) is 5.82. The van der Waals surface area contributed by atoms with Crippen LogP contribution in [0.25, 0.3) is 11.0 Å². The molecule has 124 valence electrons. The van der Waals surface area contributed by atoms with Crippen molar-refractivity contribution in [3.63, 3.8) is 0 Å². The van der Waals surface area contributed by atoms with E-state index in [1.807, 2.05) is 18.2 Å². The number of carbonyl (C=O) groups excluding carboxylic acids is 1. The van der Waals surface area contributed by atoms with Crippen molar-refractivity contribution in [3.8, 4) is 0 Å². The Morgan fingerprint density at radius 2 is 1.91 bits per heavy atom. The van der Waals surface area contributed by atoms with Crippen LogP contribution in [-0.2, 0) is 0 Å². The Balaban J connectivity index is 1.94. The van der Waals surface area contributed by atoms with E-state index in [1.54, 1.807) is 6.20 Å². The van der Waals surface area contributed by atoms with Gasteiger partial charge in [-0.1, -0.05) is 13.8 Å². The first-order valence-electron chi connectivity index (χ1n) is 8.07. The normalized spacial score (nSPS) is 11.1. The SMILES string of the molecule is CCCN(CCC)CCNC(=O)c1cnc2cc([125I])ccc2n1. The van der Waals surface area contributed by atoms with Crippen molar-refractivity contribution in [2.45, 2.75) is 26.7 Å². The van der Waals surface area contributed by atoms with Gasteiger partial charge in [0.2, 0.25) is 0 Å². The molecule has 1 aromatic carbocycles. The Labute approximate surface area is 151 Å². The first kappa shape index (κ1) is 18.1. The van der Waals surface area contributed by atoms with Crippen molar-refractivity contribution in [1.82, 2.24) is 20.2 Å². The van der Waals surface area contributed by atoms with Gasteiger partial charge in [0.1, 0.15) is 5.69 Å². The fourth-order valence-electron chi connectivity index (χ4n) is 2.48. The third kappa shape index (κ3) is 5.39. The number of hydrogen-bond acceptors (Lipinski definition) is 4. The second kappa shape index (κ2) is 9.12. The van der Waals surface area contributed by atoms with Crippen LogP contribution >= 0.6 is 22.6 Å². The molecule has 2 aromatic rings. The largest absolute Gasteiger partial charge is 0.349 e. The van der Waals surface area contributed by atoms with E-state index in [-0.39, 0.29) is 5.91 Å². The minimum atomic E-state index is -0.161. The highest BCUT2D eigenvalue weighted by Gasteiger charge is 2.10. The summed E-state index contributed by atoms with van der Waals surface area (Å²) in [6.07, 6.45) is 3.80. The molecule has 0 aliphatic rings. The molecule has 1 amide bonds. The summed E-state index contributed by atoms with van der Waals surface area (Å²) in [4.78, 5) is 23.3. The number of nitrogens with zero attached hydrogens (tertiary/aromatic N) is 3. The van der Waals surface area contributed by atoms with Gasteiger partial charge in [0, 0.05) is 16.7 Å². The predicted octanol–water partition coefficient (Wildman–Crippen LogP) is 3.09. The average molecular weight is 424 g/mol. The first-order valence-corrected chi connectivity index (χ1v) is 9.14. The lowest BCUT2D eigenvalue weighted by atomic mass is 10.3. The number of amides is 1. The summed E-state index contributed by atoms with van der Waals surface area (Å²) in [6.45, 7) is 7.98. The van der Waals surface area contributed by atoms with Gasteiger partial charge in [0.15, 0.2) is 0 Å². The summed E-state index contributed by atoms with van der Waals surface area (Å²) in [5.74, 6) is -0.161. The summed E-state index contributed by atoms with van der Waals surface area (Å²) < 4.78 is 1.11. The van der Waals surface area contributed by atoms with Crippen molar-refractivity contribution in [3.05, 3.63) is 33.7 Å². The van der Waals surface area contributed by atoms with Crippen LogP contribution in [0.4, 0.5) is 0 Å². The van der Waals surface area contributed by atoms with E-state index >= 15 is 0 Å². The second-order valence-electron chi connectivity index (χ2n) is 5.49. The smallest absolute Gasteiger partial charge is 0.271 e. The Bertz CT molecular complexity index is 656. The van der Waals surface area contributed by atoms with E-state index in [1.165, 1.54) is 0 Å². The van der Waals surface area contributed by atoms with Gasteiger partial charge in [0.05, 0.1) is 17.2 Å². The van der Waals surface area contributed by atoms with Crippen molar-refractivity contribution < 1.29 is 4.79 Å². The highest BCUT2D eigenvalue weighted by molar-refractivity contribution is 14.1. The van der Waals surface area contributed by atoms with Crippen molar-refractivity contribution >= 4 is 39.5 Å². The highest BCUT2D eigenvalue weighted by atomic mass is 125. The van der Waals surface area contributed by atoms with Gasteiger partial charge in [-0.3, -0.25) is 9.78 Å². The molecule has 0 atom stereocenters. The number of carbonyl (C=O) groups is 1. The van der Waals surface area contributed by atoms with Crippen molar-refractivity contribution in [2.75, 3.05) is 26.2 Å². The number of fused-ring (bicyclic) bond motifs is 1. The minimum Gasteiger partial charge on any atom is -0.349 e. The topological polar surface area (TPSA) is 58.1 Å². The molecule has 0 aliphatic heterocycles. The summed E-state index contributed by atoms with van der Waals surface area (Å²) >= 11 is 2.24. The van der Waals surface area contributed by atoms with E-state index in [9.17, 15) is 4.79 Å². The Morgan fingerprint density at radius 1 is 1.17 bits per heavy atom. The number of aromatic nitrogens is 2. The lowest BCUT2D eigenvalue weighted by Crippen LogP contribution is -2.36. The van der Waals surface area contributed by atoms with Crippen molar-refractivity contribution in [2.24, 2.45) is 0 Å². The zero-order valence-corrected chi connectivity index (χ0v) is 15.8. The lowest BCUT2D eigenvalue weighted by molar-refractivity contribution is 0.0943. The quantitative estimate of drug-likeness (QED) is 0.662. The molecule has 23 heavy (non-hydrogen) atoms. The van der Waals surface area contributed by atoms with E-state index < -0.39 is 0 Å². The maximum Gasteiger partial charge on any atom is 0.271 e. The third-order valence-corrected chi connectivity index (χ3v) is 4.20. The fourth-order valence-corrected chi connectivity index (χ4v) is 2.95. The summed E-state index contributed by atoms with van der Waals surface area (Å²) in [7, 11) is 0. The minimum absolute atomic E-state index is 0.161. The molecule has 5 nitrogen and oxygen atoms in total. The van der Waals surface area contributed by atoms with Crippen LogP contribution in [0.15, 0.2) is 24.4 Å². The van der Waals surface area contributed by atoms with Crippen LogP contribution < -0.4 is 5.32 Å². The fraction of sp³-hybridized carbons (Fsp3) is 0.471. The average Bonchev–Trinajstić information content (AvgIpc) is 2.54. The van der Waals surface area contributed by atoms with Crippen LogP contribution in [0.2, 0.25) is 0 Å². The van der Waals surface area contributed by atoms with E-state index in [0.29, 0.717) is 12.2 Å². The van der Waals surface area contributed by atoms with Gasteiger partial charge in [-0.15, -0.1) is 0 Å². The molecule has 1 N–H and O–H groups in total. The zero-order chi connectivity index (χ0) is 16.7. The molecule has 1 heterocycles. The molecule has 0 radical (unpaired) electrons. The molecule has 2 rings (SSSR count). The maximum atomic E-state index is 12.2. The number of nitrogens with one attached hydrogen (secondary N) is 1. The molecule has 0 bridgehead atoms. The first-order chi connectivity index (χ1) is 11.1.